The van der Waals surface area contributed by atoms with Gasteiger partial charge in [0.2, 0.25) is 0 Å². The van der Waals surface area contributed by atoms with Gasteiger partial charge < -0.3 is 19.6 Å². The van der Waals surface area contributed by atoms with Crippen molar-refractivity contribution in [1.82, 2.24) is 25.2 Å². The van der Waals surface area contributed by atoms with Gasteiger partial charge in [-0.3, -0.25) is 9.89 Å². The standard InChI is InChI=1S/C17H30N6O.HI/c1-18-17(19-12-16(21(2)3)14-4-5-14)23-9-7-22(8-10-23)13-15-6-11-24-20-15;/h6,11,14,16H,4-5,7-10,12-13H2,1-3H3,(H,18,19);1H. The first-order valence-corrected chi connectivity index (χ1v) is 8.91. The zero-order chi connectivity index (χ0) is 16.9. The lowest BCUT2D eigenvalue weighted by Crippen LogP contribution is -2.54. The number of guanidine groups is 1. The third-order valence-corrected chi connectivity index (χ3v) is 5.06. The van der Waals surface area contributed by atoms with Crippen LogP contribution in [-0.2, 0) is 6.54 Å². The molecule has 1 saturated carbocycles. The summed E-state index contributed by atoms with van der Waals surface area (Å²) in [5.41, 5.74) is 1.00. The van der Waals surface area contributed by atoms with E-state index < -0.39 is 0 Å². The van der Waals surface area contributed by atoms with Crippen LogP contribution in [-0.4, -0.2) is 85.7 Å². The van der Waals surface area contributed by atoms with E-state index in [1.54, 1.807) is 6.26 Å². The van der Waals surface area contributed by atoms with Gasteiger partial charge in [0.05, 0.1) is 5.69 Å². The third-order valence-electron chi connectivity index (χ3n) is 5.06. The molecule has 0 bridgehead atoms. The summed E-state index contributed by atoms with van der Waals surface area (Å²) in [6.07, 6.45) is 4.37. The van der Waals surface area contributed by atoms with Crippen LogP contribution in [0.2, 0.25) is 0 Å². The largest absolute Gasteiger partial charge is 0.364 e. The number of nitrogens with one attached hydrogen (secondary N) is 1. The lowest BCUT2D eigenvalue weighted by Gasteiger charge is -2.37. The van der Waals surface area contributed by atoms with Crippen molar-refractivity contribution in [2.24, 2.45) is 10.9 Å². The van der Waals surface area contributed by atoms with E-state index in [0.717, 1.165) is 56.8 Å². The Kier molecular flexibility index (Phi) is 7.95. The summed E-state index contributed by atoms with van der Waals surface area (Å²) in [7, 11) is 6.23. The number of nitrogens with zero attached hydrogens (tertiary/aromatic N) is 5. The minimum Gasteiger partial charge on any atom is -0.364 e. The summed E-state index contributed by atoms with van der Waals surface area (Å²) in [5, 5.41) is 7.59. The van der Waals surface area contributed by atoms with Crippen molar-refractivity contribution in [1.29, 1.82) is 0 Å². The second kappa shape index (κ2) is 9.72. The smallest absolute Gasteiger partial charge is 0.193 e. The molecule has 1 aliphatic heterocycles. The summed E-state index contributed by atoms with van der Waals surface area (Å²) in [5.74, 6) is 1.88. The molecular weight excluding hydrogens is 431 g/mol. The molecule has 0 amide bonds. The first-order valence-electron chi connectivity index (χ1n) is 8.91. The van der Waals surface area contributed by atoms with E-state index in [4.69, 9.17) is 4.52 Å². The highest BCUT2D eigenvalue weighted by molar-refractivity contribution is 14.0. The Morgan fingerprint density at radius 2 is 2.08 bits per heavy atom. The molecule has 2 fully saturated rings. The summed E-state index contributed by atoms with van der Waals surface area (Å²) >= 11 is 0. The number of aromatic nitrogens is 1. The van der Waals surface area contributed by atoms with E-state index in [1.807, 2.05) is 13.1 Å². The summed E-state index contributed by atoms with van der Waals surface area (Å²) in [6, 6.07) is 2.54. The van der Waals surface area contributed by atoms with Gasteiger partial charge in [-0.05, 0) is 32.9 Å². The van der Waals surface area contributed by atoms with Gasteiger partial charge in [-0.25, -0.2) is 0 Å². The normalized spacial score (nSPS) is 20.5. The fourth-order valence-electron chi connectivity index (χ4n) is 3.45. The van der Waals surface area contributed by atoms with Crippen LogP contribution in [0.15, 0.2) is 21.8 Å². The Balaban J connectivity index is 0.00000225. The highest BCUT2D eigenvalue weighted by Crippen LogP contribution is 2.34. The van der Waals surface area contributed by atoms with Crippen LogP contribution < -0.4 is 5.32 Å². The molecule has 0 radical (unpaired) electrons. The van der Waals surface area contributed by atoms with Gasteiger partial charge >= 0.3 is 0 Å². The van der Waals surface area contributed by atoms with Crippen molar-refractivity contribution in [3.8, 4) is 0 Å². The second-order valence-corrected chi connectivity index (χ2v) is 7.05. The van der Waals surface area contributed by atoms with Gasteiger partial charge in [-0.2, -0.15) is 0 Å². The molecule has 1 unspecified atom stereocenters. The average Bonchev–Trinajstić information content (AvgIpc) is 3.28. The molecule has 142 valence electrons. The lowest BCUT2D eigenvalue weighted by atomic mass is 10.1. The van der Waals surface area contributed by atoms with Crippen LogP contribution in [0.1, 0.15) is 18.5 Å². The van der Waals surface area contributed by atoms with Crippen LogP contribution in [0.5, 0.6) is 0 Å². The molecule has 0 spiro atoms. The van der Waals surface area contributed by atoms with E-state index in [2.05, 4.69) is 44.3 Å². The van der Waals surface area contributed by atoms with Crippen molar-refractivity contribution in [2.45, 2.75) is 25.4 Å². The maximum Gasteiger partial charge on any atom is 0.193 e. The maximum absolute atomic E-state index is 4.91. The number of rotatable bonds is 6. The summed E-state index contributed by atoms with van der Waals surface area (Å²) in [6.45, 7) is 5.87. The van der Waals surface area contributed by atoms with E-state index in [0.29, 0.717) is 6.04 Å². The molecule has 1 saturated heterocycles. The molecule has 1 N–H and O–H groups in total. The Labute approximate surface area is 167 Å². The van der Waals surface area contributed by atoms with Crippen molar-refractivity contribution in [3.05, 3.63) is 18.0 Å². The zero-order valence-electron chi connectivity index (χ0n) is 15.5. The van der Waals surface area contributed by atoms with Crippen LogP contribution in [0.25, 0.3) is 0 Å². The van der Waals surface area contributed by atoms with Crippen LogP contribution in [0, 0.1) is 5.92 Å². The minimum absolute atomic E-state index is 0. The Morgan fingerprint density at radius 3 is 2.60 bits per heavy atom. The predicted octanol–water partition coefficient (Wildman–Crippen LogP) is 1.33. The summed E-state index contributed by atoms with van der Waals surface area (Å²) < 4.78 is 4.91. The number of likely N-dealkylation sites (N-methyl/N-ethyl adjacent to an activating group) is 1. The Hall–Kier alpha value is -0.870. The predicted molar refractivity (Wildman–Crippen MR) is 110 cm³/mol. The quantitative estimate of drug-likeness (QED) is 0.391. The molecule has 25 heavy (non-hydrogen) atoms. The van der Waals surface area contributed by atoms with E-state index in [9.17, 15) is 0 Å². The van der Waals surface area contributed by atoms with Gasteiger partial charge in [-0.1, -0.05) is 5.16 Å². The molecule has 1 aromatic rings. The molecule has 7 nitrogen and oxygen atoms in total. The fourth-order valence-corrected chi connectivity index (χ4v) is 3.45. The van der Waals surface area contributed by atoms with Gasteiger partial charge in [0.1, 0.15) is 6.26 Å². The van der Waals surface area contributed by atoms with Crippen molar-refractivity contribution in [2.75, 3.05) is 53.9 Å². The van der Waals surface area contributed by atoms with Crippen molar-refractivity contribution >= 4 is 29.9 Å². The molecule has 3 rings (SSSR count). The molecule has 1 atom stereocenters. The van der Waals surface area contributed by atoms with Crippen LogP contribution in [0.4, 0.5) is 0 Å². The highest BCUT2D eigenvalue weighted by Gasteiger charge is 2.32. The zero-order valence-corrected chi connectivity index (χ0v) is 17.8. The molecular formula is C17H31IN6O. The van der Waals surface area contributed by atoms with E-state index in [-0.39, 0.29) is 24.0 Å². The van der Waals surface area contributed by atoms with Crippen molar-refractivity contribution < 1.29 is 4.52 Å². The Morgan fingerprint density at radius 1 is 1.36 bits per heavy atom. The van der Waals surface area contributed by atoms with E-state index >= 15 is 0 Å². The molecule has 1 aliphatic carbocycles. The van der Waals surface area contributed by atoms with Gasteiger partial charge in [0.15, 0.2) is 5.96 Å². The molecule has 2 heterocycles. The number of halogens is 1. The molecule has 8 heteroatoms. The van der Waals surface area contributed by atoms with Gasteiger partial charge in [-0.15, -0.1) is 24.0 Å². The fraction of sp³-hybridized carbons (Fsp3) is 0.765. The monoisotopic (exact) mass is 462 g/mol. The number of hydrogen-bond acceptors (Lipinski definition) is 5. The van der Waals surface area contributed by atoms with Crippen LogP contribution in [0.3, 0.4) is 0 Å². The molecule has 2 aliphatic rings. The molecule has 1 aromatic heterocycles. The van der Waals surface area contributed by atoms with E-state index in [1.165, 1.54) is 12.8 Å². The number of piperazine rings is 1. The highest BCUT2D eigenvalue weighted by atomic mass is 127. The number of aliphatic imine (C=N–C) groups is 1. The van der Waals surface area contributed by atoms with Crippen LogP contribution >= 0.6 is 24.0 Å². The van der Waals surface area contributed by atoms with Crippen molar-refractivity contribution in [3.63, 3.8) is 0 Å². The topological polar surface area (TPSA) is 60.1 Å². The first kappa shape index (κ1) is 20.4. The van der Waals surface area contributed by atoms with Gasteiger partial charge in [0, 0.05) is 58.4 Å². The van der Waals surface area contributed by atoms with Gasteiger partial charge in [0.25, 0.3) is 0 Å². The second-order valence-electron chi connectivity index (χ2n) is 7.05. The third kappa shape index (κ3) is 5.82. The minimum atomic E-state index is 0. The SMILES string of the molecule is CN=C(NCC(C1CC1)N(C)C)N1CCN(Cc2ccon2)CC1.I. The Bertz CT molecular complexity index is 521. The maximum atomic E-state index is 4.91. The molecule has 0 aromatic carbocycles. The number of hydrogen-bond donors (Lipinski definition) is 1. The summed E-state index contributed by atoms with van der Waals surface area (Å²) in [4.78, 5) is 11.6. The first-order chi connectivity index (χ1) is 11.7. The lowest BCUT2D eigenvalue weighted by molar-refractivity contribution is 0.168. The average molecular weight is 462 g/mol.